The van der Waals surface area contributed by atoms with Crippen LogP contribution in [0, 0.1) is 29.0 Å². The number of nitrogens with zero attached hydrogens (tertiary/aromatic N) is 1. The van der Waals surface area contributed by atoms with Crippen LogP contribution in [-0.4, -0.2) is 31.4 Å². The Morgan fingerprint density at radius 3 is 2.36 bits per heavy atom. The van der Waals surface area contributed by atoms with Crippen molar-refractivity contribution in [1.82, 2.24) is 0 Å². The predicted octanol–water partition coefficient (Wildman–Crippen LogP) is 6.33. The number of ether oxygens (including phenoxy) is 3. The molecule has 0 saturated heterocycles. The van der Waals surface area contributed by atoms with Gasteiger partial charge in [-0.05, 0) is 75.8 Å². The van der Waals surface area contributed by atoms with Gasteiger partial charge in [-0.25, -0.2) is 4.39 Å². The van der Waals surface area contributed by atoms with E-state index in [0.29, 0.717) is 12.0 Å². The summed E-state index contributed by atoms with van der Waals surface area (Å²) in [6.07, 6.45) is 13.4. The Bertz CT molecular complexity index is 777. The molecule has 0 amide bonds. The highest BCUT2D eigenvalue weighted by atomic mass is 19.1. The minimum absolute atomic E-state index is 0.0594. The summed E-state index contributed by atoms with van der Waals surface area (Å²) >= 11 is 0. The highest BCUT2D eigenvalue weighted by Crippen LogP contribution is 2.31. The SMILES string of the molecule is CCCCCCOC1CCC(COC2CCC(C(=O)Oc3ccc(C#N)c(F)c3)CC2)CC1. The van der Waals surface area contributed by atoms with Crippen molar-refractivity contribution < 1.29 is 23.4 Å². The number of unbranched alkanes of at least 4 members (excludes halogenated alkanes) is 3. The fourth-order valence-electron chi connectivity index (χ4n) is 4.83. The topological polar surface area (TPSA) is 68.6 Å². The van der Waals surface area contributed by atoms with Crippen LogP contribution < -0.4 is 4.74 Å². The summed E-state index contributed by atoms with van der Waals surface area (Å²) in [6, 6.07) is 5.64. The van der Waals surface area contributed by atoms with Crippen molar-refractivity contribution in [3.63, 3.8) is 0 Å². The second-order valence-electron chi connectivity index (χ2n) is 9.56. The summed E-state index contributed by atoms with van der Waals surface area (Å²) in [5.41, 5.74) is -0.0594. The number of carbonyl (C=O) groups is 1. The van der Waals surface area contributed by atoms with Gasteiger partial charge in [-0.1, -0.05) is 26.2 Å². The van der Waals surface area contributed by atoms with E-state index in [-0.39, 0.29) is 29.3 Å². The molecule has 1 aromatic rings. The first kappa shape index (κ1) is 25.6. The van der Waals surface area contributed by atoms with E-state index in [1.54, 1.807) is 6.07 Å². The molecular formula is C27H38FNO4. The molecule has 0 heterocycles. The van der Waals surface area contributed by atoms with Crippen molar-refractivity contribution in [1.29, 1.82) is 5.26 Å². The molecule has 6 heteroatoms. The van der Waals surface area contributed by atoms with Gasteiger partial charge in [-0.3, -0.25) is 4.79 Å². The van der Waals surface area contributed by atoms with Crippen LogP contribution >= 0.6 is 0 Å². The van der Waals surface area contributed by atoms with Crippen LogP contribution in [0.5, 0.6) is 5.75 Å². The van der Waals surface area contributed by atoms with E-state index in [0.717, 1.165) is 57.8 Å². The molecule has 3 rings (SSSR count). The normalized spacial score (nSPS) is 25.4. The smallest absolute Gasteiger partial charge is 0.314 e. The van der Waals surface area contributed by atoms with Gasteiger partial charge in [0.2, 0.25) is 0 Å². The summed E-state index contributed by atoms with van der Waals surface area (Å²) in [6.45, 7) is 3.93. The van der Waals surface area contributed by atoms with Crippen LogP contribution in [-0.2, 0) is 14.3 Å². The average molecular weight is 460 g/mol. The first-order chi connectivity index (χ1) is 16.1. The Morgan fingerprint density at radius 2 is 1.70 bits per heavy atom. The Hall–Kier alpha value is -1.97. The Morgan fingerprint density at radius 1 is 1.00 bits per heavy atom. The van der Waals surface area contributed by atoms with Gasteiger partial charge in [0.25, 0.3) is 0 Å². The maximum atomic E-state index is 13.7. The Balaban J connectivity index is 1.28. The Kier molecular flexibility index (Phi) is 10.6. The molecule has 5 nitrogen and oxygen atoms in total. The summed E-state index contributed by atoms with van der Waals surface area (Å²) < 4.78 is 31.3. The maximum Gasteiger partial charge on any atom is 0.314 e. The minimum atomic E-state index is -0.674. The van der Waals surface area contributed by atoms with Crippen LogP contribution in [0.15, 0.2) is 18.2 Å². The molecule has 2 aliphatic rings. The largest absolute Gasteiger partial charge is 0.426 e. The van der Waals surface area contributed by atoms with Crippen LogP contribution in [0.25, 0.3) is 0 Å². The number of hydrogen-bond donors (Lipinski definition) is 0. The lowest BCUT2D eigenvalue weighted by Gasteiger charge is -2.31. The third-order valence-corrected chi connectivity index (χ3v) is 7.00. The maximum absolute atomic E-state index is 13.7. The lowest BCUT2D eigenvalue weighted by Crippen LogP contribution is -2.31. The van der Waals surface area contributed by atoms with Gasteiger partial charge < -0.3 is 14.2 Å². The molecule has 2 fully saturated rings. The van der Waals surface area contributed by atoms with E-state index in [1.165, 1.54) is 50.7 Å². The molecule has 0 N–H and O–H groups in total. The van der Waals surface area contributed by atoms with Crippen molar-refractivity contribution in [2.45, 2.75) is 96.2 Å². The number of esters is 1. The second-order valence-corrected chi connectivity index (χ2v) is 9.56. The van der Waals surface area contributed by atoms with Gasteiger partial charge in [0.05, 0.1) is 23.7 Å². The second kappa shape index (κ2) is 13.7. The monoisotopic (exact) mass is 459 g/mol. The van der Waals surface area contributed by atoms with Gasteiger partial charge in [-0.2, -0.15) is 5.26 Å². The van der Waals surface area contributed by atoms with Crippen molar-refractivity contribution in [3.8, 4) is 11.8 Å². The molecule has 0 aliphatic heterocycles. The lowest BCUT2D eigenvalue weighted by molar-refractivity contribution is -0.141. The quantitative estimate of drug-likeness (QED) is 0.220. The molecule has 2 aliphatic carbocycles. The summed E-state index contributed by atoms with van der Waals surface area (Å²) in [7, 11) is 0. The fraction of sp³-hybridized carbons (Fsp3) is 0.704. The molecule has 0 aromatic heterocycles. The number of rotatable bonds is 11. The van der Waals surface area contributed by atoms with E-state index in [9.17, 15) is 9.18 Å². The van der Waals surface area contributed by atoms with Gasteiger partial charge in [-0.15, -0.1) is 0 Å². The van der Waals surface area contributed by atoms with Crippen molar-refractivity contribution in [3.05, 3.63) is 29.6 Å². The average Bonchev–Trinajstić information content (AvgIpc) is 2.84. The minimum Gasteiger partial charge on any atom is -0.426 e. The number of carbonyl (C=O) groups excluding carboxylic acids is 1. The van der Waals surface area contributed by atoms with E-state index in [1.807, 2.05) is 0 Å². The zero-order chi connectivity index (χ0) is 23.5. The molecule has 1 aromatic carbocycles. The van der Waals surface area contributed by atoms with Gasteiger partial charge in [0, 0.05) is 19.3 Å². The Labute approximate surface area is 197 Å². The number of nitriles is 1. The highest BCUT2D eigenvalue weighted by Gasteiger charge is 2.29. The number of hydrogen-bond acceptors (Lipinski definition) is 5. The van der Waals surface area contributed by atoms with Crippen LogP contribution in [0.3, 0.4) is 0 Å². The first-order valence-corrected chi connectivity index (χ1v) is 12.7. The molecule has 0 atom stereocenters. The van der Waals surface area contributed by atoms with Gasteiger partial charge in [0.15, 0.2) is 0 Å². The van der Waals surface area contributed by atoms with Gasteiger partial charge in [0.1, 0.15) is 17.6 Å². The van der Waals surface area contributed by atoms with Crippen molar-refractivity contribution in [2.75, 3.05) is 13.2 Å². The molecular weight excluding hydrogens is 421 g/mol. The molecule has 182 valence electrons. The molecule has 0 radical (unpaired) electrons. The van der Waals surface area contributed by atoms with E-state index >= 15 is 0 Å². The first-order valence-electron chi connectivity index (χ1n) is 12.7. The molecule has 0 unspecified atom stereocenters. The van der Waals surface area contributed by atoms with Gasteiger partial charge >= 0.3 is 5.97 Å². The van der Waals surface area contributed by atoms with E-state index in [4.69, 9.17) is 19.5 Å². The van der Waals surface area contributed by atoms with Crippen molar-refractivity contribution >= 4 is 5.97 Å². The third kappa shape index (κ3) is 8.39. The predicted molar refractivity (Wildman–Crippen MR) is 124 cm³/mol. The standard InChI is InChI=1S/C27H38FNO4/c1-2-3-4-5-16-31-23-11-6-20(7-12-23)19-32-24-13-8-21(9-14-24)27(30)33-25-15-10-22(18-29)26(28)17-25/h10,15,17,20-21,23-24H,2-9,11-14,16,19H2,1H3. The third-order valence-electron chi connectivity index (χ3n) is 7.00. The van der Waals surface area contributed by atoms with Crippen LogP contribution in [0.2, 0.25) is 0 Å². The fourth-order valence-corrected chi connectivity index (χ4v) is 4.83. The lowest BCUT2D eigenvalue weighted by atomic mass is 9.86. The summed E-state index contributed by atoms with van der Waals surface area (Å²) in [5, 5.41) is 8.80. The number of benzene rings is 1. The number of halogens is 1. The van der Waals surface area contributed by atoms with Crippen molar-refractivity contribution in [2.24, 2.45) is 11.8 Å². The van der Waals surface area contributed by atoms with Crippen LogP contribution in [0.1, 0.15) is 89.5 Å². The van der Waals surface area contributed by atoms with Crippen LogP contribution in [0.4, 0.5) is 4.39 Å². The summed E-state index contributed by atoms with van der Waals surface area (Å²) in [4.78, 5) is 12.4. The highest BCUT2D eigenvalue weighted by molar-refractivity contribution is 5.75. The molecule has 0 spiro atoms. The zero-order valence-corrected chi connectivity index (χ0v) is 19.9. The summed E-state index contributed by atoms with van der Waals surface area (Å²) in [5.74, 6) is -0.430. The van der Waals surface area contributed by atoms with E-state index in [2.05, 4.69) is 6.92 Å². The zero-order valence-electron chi connectivity index (χ0n) is 19.9. The van der Waals surface area contributed by atoms with E-state index < -0.39 is 5.82 Å². The molecule has 2 saturated carbocycles. The molecule has 33 heavy (non-hydrogen) atoms. The molecule has 0 bridgehead atoms.